The summed E-state index contributed by atoms with van der Waals surface area (Å²) in [5.74, 6) is 0.212. The molecule has 1 unspecified atom stereocenters. The van der Waals surface area contributed by atoms with Crippen molar-refractivity contribution in [3.05, 3.63) is 0 Å². The molecule has 122 valence electrons. The van der Waals surface area contributed by atoms with Crippen molar-refractivity contribution in [1.82, 2.24) is 15.1 Å². The van der Waals surface area contributed by atoms with Crippen LogP contribution >= 0.6 is 23.1 Å². The largest absolute Gasteiger partial charge is 0.357 e. The number of thioether (sulfide) groups is 1. The molecule has 1 amide bonds. The van der Waals surface area contributed by atoms with E-state index < -0.39 is 0 Å². The minimum atomic E-state index is -0.103. The molecule has 2 aliphatic carbocycles. The van der Waals surface area contributed by atoms with E-state index in [2.05, 4.69) is 15.5 Å². The van der Waals surface area contributed by atoms with Gasteiger partial charge in [-0.15, -0.1) is 10.2 Å². The van der Waals surface area contributed by atoms with E-state index in [0.29, 0.717) is 12.1 Å². The number of carbonyl (C=O) groups excluding carboxylic acids is 1. The second kappa shape index (κ2) is 7.17. The fraction of sp³-hybridized carbons (Fsp3) is 0.800. The summed E-state index contributed by atoms with van der Waals surface area (Å²) in [4.78, 5) is 14.5. The predicted molar refractivity (Wildman–Crippen MR) is 91.5 cm³/mol. The van der Waals surface area contributed by atoms with Gasteiger partial charge in [0, 0.05) is 19.1 Å². The van der Waals surface area contributed by atoms with Crippen LogP contribution in [-0.4, -0.2) is 45.4 Å². The maximum Gasteiger partial charge on any atom is 0.235 e. The first-order chi connectivity index (χ1) is 10.6. The van der Waals surface area contributed by atoms with Crippen LogP contribution in [0.4, 0.5) is 5.13 Å². The molecule has 1 heterocycles. The number of carbonyl (C=O) groups is 1. The van der Waals surface area contributed by atoms with Crippen LogP contribution in [0.25, 0.3) is 0 Å². The average Bonchev–Trinajstić information content (AvgIpc) is 3.25. The first kappa shape index (κ1) is 16.1. The molecule has 7 heteroatoms. The molecule has 0 aliphatic heterocycles. The molecule has 1 aromatic heterocycles. The second-order valence-corrected chi connectivity index (χ2v) is 8.86. The normalized spacial score (nSPS) is 20.6. The van der Waals surface area contributed by atoms with Gasteiger partial charge in [0.2, 0.25) is 11.0 Å². The van der Waals surface area contributed by atoms with Gasteiger partial charge in [-0.2, -0.15) is 0 Å². The molecule has 0 aromatic carbocycles. The van der Waals surface area contributed by atoms with Crippen molar-refractivity contribution < 1.29 is 4.79 Å². The molecule has 1 N–H and O–H groups in total. The lowest BCUT2D eigenvalue weighted by atomic mass is 9.94. The SMILES string of the molecule is CC(Sc1nnc(NC2CC2)s1)C(=O)N(C)C1CCCCC1. The van der Waals surface area contributed by atoms with Gasteiger partial charge in [0.25, 0.3) is 0 Å². The van der Waals surface area contributed by atoms with Crippen LogP contribution < -0.4 is 5.32 Å². The third-order valence-electron chi connectivity index (χ3n) is 4.41. The molecular weight excluding hydrogens is 316 g/mol. The summed E-state index contributed by atoms with van der Waals surface area (Å²) in [6, 6.07) is 1.01. The van der Waals surface area contributed by atoms with Gasteiger partial charge >= 0.3 is 0 Å². The number of hydrogen-bond donors (Lipinski definition) is 1. The standard InChI is InChI=1S/C15H24N4OS2/c1-10(13(20)19(2)12-6-4-3-5-7-12)21-15-18-17-14(22-15)16-11-8-9-11/h10-12H,3-9H2,1-2H3,(H,16,17). The predicted octanol–water partition coefficient (Wildman–Crippen LogP) is 3.38. The molecule has 0 bridgehead atoms. The van der Waals surface area contributed by atoms with E-state index in [9.17, 15) is 4.79 Å². The van der Waals surface area contributed by atoms with Crippen molar-refractivity contribution in [2.45, 2.75) is 73.5 Å². The number of nitrogens with one attached hydrogen (secondary N) is 1. The molecule has 2 saturated carbocycles. The van der Waals surface area contributed by atoms with Crippen molar-refractivity contribution in [2.75, 3.05) is 12.4 Å². The molecule has 22 heavy (non-hydrogen) atoms. The molecule has 1 aromatic rings. The monoisotopic (exact) mass is 340 g/mol. The Balaban J connectivity index is 1.52. The van der Waals surface area contributed by atoms with E-state index in [-0.39, 0.29) is 11.2 Å². The van der Waals surface area contributed by atoms with Crippen LogP contribution in [0.15, 0.2) is 4.34 Å². The van der Waals surface area contributed by atoms with E-state index in [0.717, 1.165) is 22.3 Å². The van der Waals surface area contributed by atoms with Crippen molar-refractivity contribution >= 4 is 34.1 Å². The lowest BCUT2D eigenvalue weighted by molar-refractivity contribution is -0.131. The van der Waals surface area contributed by atoms with Crippen LogP contribution in [0.1, 0.15) is 51.9 Å². The van der Waals surface area contributed by atoms with Gasteiger partial charge in [0.05, 0.1) is 5.25 Å². The summed E-state index contributed by atoms with van der Waals surface area (Å²) in [5.41, 5.74) is 0. The Morgan fingerprint density at radius 3 is 2.68 bits per heavy atom. The number of aromatic nitrogens is 2. The third kappa shape index (κ3) is 4.13. The van der Waals surface area contributed by atoms with Crippen LogP contribution in [0.2, 0.25) is 0 Å². The quantitative estimate of drug-likeness (QED) is 0.805. The zero-order valence-corrected chi connectivity index (χ0v) is 14.9. The Morgan fingerprint density at radius 1 is 1.27 bits per heavy atom. The fourth-order valence-electron chi connectivity index (χ4n) is 2.85. The highest BCUT2D eigenvalue weighted by Crippen LogP contribution is 2.33. The zero-order chi connectivity index (χ0) is 15.5. The van der Waals surface area contributed by atoms with Gasteiger partial charge in [-0.25, -0.2) is 0 Å². The topological polar surface area (TPSA) is 58.1 Å². The third-order valence-corrected chi connectivity index (χ3v) is 6.43. The number of hydrogen-bond acceptors (Lipinski definition) is 6. The van der Waals surface area contributed by atoms with Crippen LogP contribution in [-0.2, 0) is 4.79 Å². The number of amides is 1. The fourth-order valence-corrected chi connectivity index (χ4v) is 4.93. The Kier molecular flexibility index (Phi) is 5.23. The minimum absolute atomic E-state index is 0.103. The summed E-state index contributed by atoms with van der Waals surface area (Å²) in [6.07, 6.45) is 8.55. The second-order valence-electron chi connectivity index (χ2n) is 6.29. The maximum absolute atomic E-state index is 12.6. The van der Waals surface area contributed by atoms with Crippen molar-refractivity contribution in [1.29, 1.82) is 0 Å². The number of anilines is 1. The highest BCUT2D eigenvalue weighted by molar-refractivity contribution is 8.02. The molecule has 2 fully saturated rings. The molecule has 1 atom stereocenters. The van der Waals surface area contributed by atoms with Gasteiger partial charge in [-0.1, -0.05) is 42.4 Å². The van der Waals surface area contributed by atoms with Gasteiger partial charge in [-0.3, -0.25) is 4.79 Å². The van der Waals surface area contributed by atoms with Gasteiger partial charge in [0.15, 0.2) is 4.34 Å². The molecule has 0 saturated heterocycles. The molecule has 2 aliphatic rings. The zero-order valence-electron chi connectivity index (χ0n) is 13.2. The number of nitrogens with zero attached hydrogens (tertiary/aromatic N) is 3. The van der Waals surface area contributed by atoms with Crippen LogP contribution in [0, 0.1) is 0 Å². The Morgan fingerprint density at radius 2 is 2.00 bits per heavy atom. The van der Waals surface area contributed by atoms with E-state index in [1.54, 1.807) is 11.3 Å². The minimum Gasteiger partial charge on any atom is -0.357 e. The first-order valence-corrected chi connectivity index (χ1v) is 9.86. The smallest absolute Gasteiger partial charge is 0.235 e. The van der Waals surface area contributed by atoms with Gasteiger partial charge < -0.3 is 10.2 Å². The molecule has 3 rings (SSSR count). The Labute approximate surface area is 140 Å². The molecule has 5 nitrogen and oxygen atoms in total. The highest BCUT2D eigenvalue weighted by atomic mass is 32.2. The van der Waals surface area contributed by atoms with E-state index in [4.69, 9.17) is 0 Å². The van der Waals surface area contributed by atoms with Crippen LogP contribution in [0.3, 0.4) is 0 Å². The highest BCUT2D eigenvalue weighted by Gasteiger charge is 2.27. The maximum atomic E-state index is 12.6. The van der Waals surface area contributed by atoms with E-state index >= 15 is 0 Å². The van der Waals surface area contributed by atoms with E-state index in [1.807, 2.05) is 18.9 Å². The average molecular weight is 341 g/mol. The summed E-state index contributed by atoms with van der Waals surface area (Å²) in [6.45, 7) is 1.97. The van der Waals surface area contributed by atoms with Crippen molar-refractivity contribution in [2.24, 2.45) is 0 Å². The number of rotatable bonds is 6. The van der Waals surface area contributed by atoms with E-state index in [1.165, 1.54) is 43.9 Å². The van der Waals surface area contributed by atoms with Gasteiger partial charge in [-0.05, 0) is 32.6 Å². The summed E-state index contributed by atoms with van der Waals surface area (Å²) < 4.78 is 0.876. The first-order valence-electron chi connectivity index (χ1n) is 8.17. The summed E-state index contributed by atoms with van der Waals surface area (Å²) >= 11 is 3.08. The Hall–Kier alpha value is -0.820. The lowest BCUT2D eigenvalue weighted by Crippen LogP contribution is -2.42. The summed E-state index contributed by atoms with van der Waals surface area (Å²) in [7, 11) is 1.95. The molecule has 0 radical (unpaired) electrons. The van der Waals surface area contributed by atoms with Gasteiger partial charge in [0.1, 0.15) is 0 Å². The van der Waals surface area contributed by atoms with Crippen LogP contribution in [0.5, 0.6) is 0 Å². The lowest BCUT2D eigenvalue weighted by Gasteiger charge is -2.32. The molecular formula is C15H24N4OS2. The van der Waals surface area contributed by atoms with Crippen molar-refractivity contribution in [3.8, 4) is 0 Å². The Bertz CT molecular complexity index is 511. The van der Waals surface area contributed by atoms with Crippen molar-refractivity contribution in [3.63, 3.8) is 0 Å². The summed E-state index contributed by atoms with van der Waals surface area (Å²) in [5, 5.41) is 12.5. The molecule has 0 spiro atoms.